The molecule has 2 aromatic heterocycles. The van der Waals surface area contributed by atoms with E-state index in [2.05, 4.69) is 0 Å². The van der Waals surface area contributed by atoms with Crippen LogP contribution in [-0.2, 0) is 36.9 Å². The lowest BCUT2D eigenvalue weighted by Crippen LogP contribution is -2.19. The Bertz CT molecular complexity index is 3000. The summed E-state index contributed by atoms with van der Waals surface area (Å²) in [6, 6.07) is 66.3. The number of hydrogen-bond acceptors (Lipinski definition) is 9. The van der Waals surface area contributed by atoms with Gasteiger partial charge in [-0.25, -0.2) is 0 Å². The van der Waals surface area contributed by atoms with E-state index in [1.54, 1.807) is 12.1 Å². The Kier molecular flexibility index (Phi) is 14.3. The van der Waals surface area contributed by atoms with Gasteiger partial charge in [0, 0.05) is 21.9 Å². The predicted molar refractivity (Wildman–Crippen MR) is 275 cm³/mol. The van der Waals surface area contributed by atoms with Gasteiger partial charge in [-0.05, 0) is 118 Å². The van der Waals surface area contributed by atoms with Crippen LogP contribution in [0.2, 0.25) is 0 Å². The van der Waals surface area contributed by atoms with Crippen LogP contribution in [0, 0.1) is 0 Å². The van der Waals surface area contributed by atoms with Crippen LogP contribution >= 0.6 is 0 Å². The van der Waals surface area contributed by atoms with Gasteiger partial charge in [-0.1, -0.05) is 158 Å². The highest BCUT2D eigenvalue weighted by Crippen LogP contribution is 2.38. The minimum atomic E-state index is -0.665. The maximum absolute atomic E-state index is 14.1. The number of rotatable bonds is 20. The molecule has 0 aliphatic heterocycles. The summed E-state index contributed by atoms with van der Waals surface area (Å²) in [7, 11) is 0. The van der Waals surface area contributed by atoms with Crippen LogP contribution in [-0.4, -0.2) is 37.7 Å². The van der Waals surface area contributed by atoms with Crippen molar-refractivity contribution in [2.75, 3.05) is 13.6 Å². The first kappa shape index (κ1) is 46.7. The fraction of sp³-hybridized carbons (Fsp3) is 0.129. The Hall–Kier alpha value is -8.02. The molecule has 0 saturated heterocycles. The van der Waals surface area contributed by atoms with Crippen molar-refractivity contribution in [1.82, 2.24) is 0 Å². The van der Waals surface area contributed by atoms with Gasteiger partial charge < -0.3 is 32.5 Å². The summed E-state index contributed by atoms with van der Waals surface area (Å²) in [5.41, 5.74) is 11.3. The number of benzene rings is 8. The average Bonchev–Trinajstić information content (AvgIpc) is 4.07. The number of hydrogen-bond donors (Lipinski definition) is 0. The first-order chi connectivity index (χ1) is 34.9. The Morgan fingerprint density at radius 1 is 0.394 bits per heavy atom. The first-order valence-corrected chi connectivity index (χ1v) is 23.5. The zero-order chi connectivity index (χ0) is 48.5. The van der Waals surface area contributed by atoms with E-state index in [-0.39, 0.29) is 49.9 Å². The van der Waals surface area contributed by atoms with Crippen molar-refractivity contribution >= 4 is 33.5 Å². The molecule has 352 valence electrons. The van der Waals surface area contributed by atoms with Gasteiger partial charge >= 0.3 is 0 Å². The van der Waals surface area contributed by atoms with Crippen molar-refractivity contribution < 1.29 is 42.1 Å². The molecule has 0 bridgehead atoms. The average molecular weight is 939 g/mol. The van der Waals surface area contributed by atoms with E-state index in [4.69, 9.17) is 32.5 Å². The Labute approximate surface area is 411 Å². The van der Waals surface area contributed by atoms with Gasteiger partial charge in [0.25, 0.3) is 0 Å². The summed E-state index contributed by atoms with van der Waals surface area (Å²) in [5.74, 6) is 0.120. The molecule has 10 rings (SSSR count). The molecule has 2 unspecified atom stereocenters. The minimum absolute atomic E-state index is 0.104. The highest BCUT2D eigenvalue weighted by Gasteiger charge is 2.24. The van der Waals surface area contributed by atoms with Gasteiger partial charge in [-0.2, -0.15) is 0 Å². The van der Waals surface area contributed by atoms with Crippen molar-refractivity contribution in [2.24, 2.45) is 0 Å². The largest absolute Gasteiger partial charge is 0.453 e. The quantitative estimate of drug-likeness (QED) is 0.0419. The minimum Gasteiger partial charge on any atom is -0.453 e. The maximum atomic E-state index is 14.1. The molecule has 0 aliphatic carbocycles. The molecule has 9 nitrogen and oxygen atoms in total. The monoisotopic (exact) mass is 938 g/mol. The number of carbonyl (C=O) groups excluding carboxylic acids is 2. The van der Waals surface area contributed by atoms with Gasteiger partial charge in [-0.3, -0.25) is 9.59 Å². The lowest BCUT2D eigenvalue weighted by molar-refractivity contribution is -0.242. The van der Waals surface area contributed by atoms with E-state index < -0.39 is 12.6 Å². The fourth-order valence-electron chi connectivity index (χ4n) is 8.71. The molecular weight excluding hydrogens is 889 g/mol. The van der Waals surface area contributed by atoms with Crippen molar-refractivity contribution in [2.45, 2.75) is 39.6 Å². The summed E-state index contributed by atoms with van der Waals surface area (Å²) in [6.45, 7) is 3.77. The second-order valence-electron chi connectivity index (χ2n) is 17.0. The lowest BCUT2D eigenvalue weighted by Gasteiger charge is -2.21. The molecule has 2 heterocycles. The highest BCUT2D eigenvalue weighted by atomic mass is 16.8. The summed E-state index contributed by atoms with van der Waals surface area (Å²) in [5, 5.41) is 1.73. The number of furan rings is 2. The molecule has 0 saturated carbocycles. The van der Waals surface area contributed by atoms with E-state index in [0.717, 1.165) is 66.4 Å². The van der Waals surface area contributed by atoms with E-state index >= 15 is 0 Å². The van der Waals surface area contributed by atoms with Crippen LogP contribution in [0.15, 0.2) is 215 Å². The number of ether oxygens (including phenoxy) is 5. The van der Waals surface area contributed by atoms with Crippen LogP contribution in [0.4, 0.5) is 0 Å². The van der Waals surface area contributed by atoms with E-state index in [1.807, 2.05) is 208 Å². The van der Waals surface area contributed by atoms with Gasteiger partial charge in [0.1, 0.15) is 11.2 Å². The van der Waals surface area contributed by atoms with Crippen molar-refractivity contribution in [3.8, 4) is 44.5 Å². The lowest BCUT2D eigenvalue weighted by atomic mass is 9.88. The van der Waals surface area contributed by atoms with Crippen LogP contribution in [0.1, 0.15) is 57.2 Å². The van der Waals surface area contributed by atoms with Gasteiger partial charge in [-0.15, -0.1) is 0 Å². The third-order valence-electron chi connectivity index (χ3n) is 12.4. The molecule has 8 aromatic carbocycles. The highest BCUT2D eigenvalue weighted by molar-refractivity contribution is 6.11. The molecule has 0 aliphatic rings. The number of carbonyl (C=O) groups is 2. The standard InChI is InChI=1S/C62H50O9/c1-41(66-37-55-51(43-19-7-3-8-20-43)31-49(32-52(55)44-21-9-4-10-22-44)61(63)59-35-47-27-15-17-29-57(47)70-59)68-39-65-40-69-42(2)67-38-56-53(45-23-11-5-12-24-45)33-50(34-54(56)46-25-13-6-14-26-46)62(64)60-36-48-28-16-18-30-58(48)71-60/h3-36,41-42H,37-40H2,1-2H3. The summed E-state index contributed by atoms with van der Waals surface area (Å²) in [4.78, 5) is 28.2. The third-order valence-corrected chi connectivity index (χ3v) is 12.4. The molecule has 2 atom stereocenters. The van der Waals surface area contributed by atoms with Crippen LogP contribution in [0.3, 0.4) is 0 Å². The predicted octanol–water partition coefficient (Wildman–Crippen LogP) is 14.7. The molecular formula is C62H50O9. The van der Waals surface area contributed by atoms with E-state index in [1.165, 1.54) is 0 Å². The van der Waals surface area contributed by atoms with E-state index in [9.17, 15) is 9.59 Å². The summed E-state index contributed by atoms with van der Waals surface area (Å²) in [6.07, 6.45) is -1.33. The van der Waals surface area contributed by atoms with E-state index in [0.29, 0.717) is 22.3 Å². The molecule has 9 heteroatoms. The van der Waals surface area contributed by atoms with Gasteiger partial charge in [0.05, 0.1) is 13.2 Å². The number of fused-ring (bicyclic) bond motifs is 2. The topological polar surface area (TPSA) is 107 Å². The fourth-order valence-corrected chi connectivity index (χ4v) is 8.71. The van der Waals surface area contributed by atoms with Gasteiger partial charge in [0.2, 0.25) is 11.6 Å². The number of ketones is 2. The molecule has 0 radical (unpaired) electrons. The SMILES string of the molecule is CC(OCOCOC(C)OCc1c(-c2ccccc2)cc(C(=O)c2cc3ccccc3o2)cc1-c1ccccc1)OCc1c(-c2ccccc2)cc(C(=O)c2cc3ccccc3o2)cc1-c1ccccc1. The van der Waals surface area contributed by atoms with Crippen LogP contribution in [0.25, 0.3) is 66.4 Å². The Balaban J connectivity index is 0.806. The Morgan fingerprint density at radius 3 is 1.03 bits per heavy atom. The van der Waals surface area contributed by atoms with Gasteiger partial charge in [0.15, 0.2) is 37.7 Å². The zero-order valence-corrected chi connectivity index (χ0v) is 39.3. The molecule has 0 spiro atoms. The number of para-hydroxylation sites is 2. The van der Waals surface area contributed by atoms with Crippen molar-refractivity contribution in [3.05, 3.63) is 240 Å². The van der Waals surface area contributed by atoms with Crippen molar-refractivity contribution in [1.29, 1.82) is 0 Å². The zero-order valence-electron chi connectivity index (χ0n) is 39.3. The molecule has 71 heavy (non-hydrogen) atoms. The summed E-state index contributed by atoms with van der Waals surface area (Å²) < 4.78 is 42.4. The third kappa shape index (κ3) is 10.8. The second-order valence-corrected chi connectivity index (χ2v) is 17.0. The molecule has 0 fully saturated rings. The Morgan fingerprint density at radius 2 is 0.704 bits per heavy atom. The molecule has 10 aromatic rings. The van der Waals surface area contributed by atoms with Crippen molar-refractivity contribution in [3.63, 3.8) is 0 Å². The van der Waals surface area contributed by atoms with Crippen LogP contribution < -0.4 is 0 Å². The first-order valence-electron chi connectivity index (χ1n) is 23.5. The molecule has 0 N–H and O–H groups in total. The van der Waals surface area contributed by atoms with Crippen LogP contribution in [0.5, 0.6) is 0 Å². The molecule has 0 amide bonds. The normalized spacial score (nSPS) is 12.3. The smallest absolute Gasteiger partial charge is 0.228 e. The second kappa shape index (κ2) is 21.7. The summed E-state index contributed by atoms with van der Waals surface area (Å²) >= 11 is 0. The maximum Gasteiger partial charge on any atom is 0.228 e.